The highest BCUT2D eigenvalue weighted by Crippen LogP contribution is 2.25. The first-order valence-corrected chi connectivity index (χ1v) is 7.69. The second kappa shape index (κ2) is 7.27. The third-order valence-electron chi connectivity index (χ3n) is 3.44. The number of methoxy groups -OCH3 is 1. The molecule has 0 saturated heterocycles. The Hall–Kier alpha value is -2.99. The van der Waals surface area contributed by atoms with Crippen LogP contribution in [0.25, 0.3) is 11.3 Å². The summed E-state index contributed by atoms with van der Waals surface area (Å²) in [6, 6.07) is 14.0. The van der Waals surface area contributed by atoms with Crippen LogP contribution in [0.15, 0.2) is 54.6 Å². The fraction of sp³-hybridized carbons (Fsp3) is 0.0556. The number of aromatic nitrogens is 2. The Morgan fingerprint density at radius 2 is 1.96 bits per heavy atom. The molecule has 0 radical (unpaired) electrons. The van der Waals surface area contributed by atoms with Crippen LogP contribution >= 0.6 is 11.6 Å². The number of hydrogen-bond acceptors (Lipinski definition) is 4. The van der Waals surface area contributed by atoms with Gasteiger partial charge in [-0.05, 0) is 36.4 Å². The molecule has 0 spiro atoms. The zero-order valence-electron chi connectivity index (χ0n) is 13.2. The molecule has 3 aromatic rings. The van der Waals surface area contributed by atoms with Crippen LogP contribution < -0.4 is 10.1 Å². The molecule has 1 heterocycles. The van der Waals surface area contributed by atoms with Crippen molar-refractivity contribution >= 4 is 23.2 Å². The Bertz CT molecular complexity index is 916. The highest BCUT2D eigenvalue weighted by molar-refractivity contribution is 6.34. The molecular formula is C18H13ClFN3O2. The lowest BCUT2D eigenvalue weighted by molar-refractivity contribution is 0.102. The molecule has 5 nitrogen and oxygen atoms in total. The van der Waals surface area contributed by atoms with Gasteiger partial charge in [-0.2, -0.15) is 0 Å². The Kier molecular flexibility index (Phi) is 4.90. The predicted octanol–water partition coefficient (Wildman–Crippen LogP) is 4.20. The molecule has 126 valence electrons. The van der Waals surface area contributed by atoms with E-state index in [2.05, 4.69) is 15.5 Å². The summed E-state index contributed by atoms with van der Waals surface area (Å²) in [4.78, 5) is 12.3. The summed E-state index contributed by atoms with van der Waals surface area (Å²) in [6.45, 7) is 0. The topological polar surface area (TPSA) is 64.1 Å². The van der Waals surface area contributed by atoms with Crippen LogP contribution in [0.1, 0.15) is 10.4 Å². The van der Waals surface area contributed by atoms with E-state index in [4.69, 9.17) is 16.3 Å². The lowest BCUT2D eigenvalue weighted by atomic mass is 10.1. The number of hydrogen-bond donors (Lipinski definition) is 1. The molecular weight excluding hydrogens is 345 g/mol. The lowest BCUT2D eigenvalue weighted by Crippen LogP contribution is -2.12. The number of carbonyl (C=O) groups is 1. The Labute approximate surface area is 148 Å². The van der Waals surface area contributed by atoms with E-state index in [1.165, 1.54) is 25.3 Å². The van der Waals surface area contributed by atoms with Gasteiger partial charge >= 0.3 is 0 Å². The van der Waals surface area contributed by atoms with Crippen LogP contribution in [-0.4, -0.2) is 23.2 Å². The number of amides is 1. The molecule has 2 aromatic carbocycles. The standard InChI is InChI=1S/C18H13ClFN3O2/c1-25-17-8-7-16(22-23-17)11-5-6-14(15(19)9-11)18(24)21-13-4-2-3-12(20)10-13/h2-10H,1H3,(H,21,24). The fourth-order valence-corrected chi connectivity index (χ4v) is 2.47. The summed E-state index contributed by atoms with van der Waals surface area (Å²) >= 11 is 6.22. The second-order valence-electron chi connectivity index (χ2n) is 5.12. The third kappa shape index (κ3) is 3.92. The highest BCUT2D eigenvalue weighted by atomic mass is 35.5. The zero-order valence-corrected chi connectivity index (χ0v) is 13.9. The van der Waals surface area contributed by atoms with Crippen molar-refractivity contribution in [2.24, 2.45) is 0 Å². The van der Waals surface area contributed by atoms with Crippen LogP contribution in [-0.2, 0) is 0 Å². The molecule has 1 amide bonds. The van der Waals surface area contributed by atoms with Gasteiger partial charge in [-0.3, -0.25) is 4.79 Å². The summed E-state index contributed by atoms with van der Waals surface area (Å²) in [5.74, 6) is -0.457. The Balaban J connectivity index is 1.82. The van der Waals surface area contributed by atoms with Gasteiger partial charge in [0.2, 0.25) is 5.88 Å². The molecule has 0 aliphatic carbocycles. The molecule has 1 N–H and O–H groups in total. The summed E-state index contributed by atoms with van der Waals surface area (Å²) in [5.41, 5.74) is 1.93. The van der Waals surface area contributed by atoms with Crippen LogP contribution in [0.4, 0.5) is 10.1 Å². The van der Waals surface area contributed by atoms with E-state index in [1.54, 1.807) is 36.4 Å². The molecule has 0 bridgehead atoms. The number of nitrogens with one attached hydrogen (secondary N) is 1. The van der Waals surface area contributed by atoms with Gasteiger partial charge in [-0.1, -0.05) is 23.7 Å². The van der Waals surface area contributed by atoms with E-state index < -0.39 is 11.7 Å². The number of ether oxygens (including phenoxy) is 1. The largest absolute Gasteiger partial charge is 0.480 e. The molecule has 0 unspecified atom stereocenters. The quantitative estimate of drug-likeness (QED) is 0.760. The number of benzene rings is 2. The van der Waals surface area contributed by atoms with Crippen LogP contribution in [0, 0.1) is 5.82 Å². The highest BCUT2D eigenvalue weighted by Gasteiger charge is 2.13. The van der Waals surface area contributed by atoms with Crippen molar-refractivity contribution in [1.29, 1.82) is 0 Å². The molecule has 0 atom stereocenters. The number of halogens is 2. The number of carbonyl (C=O) groups excluding carboxylic acids is 1. The van der Waals surface area contributed by atoms with Gasteiger partial charge in [0.1, 0.15) is 5.82 Å². The average molecular weight is 358 g/mol. The maximum atomic E-state index is 13.2. The van der Waals surface area contributed by atoms with Gasteiger partial charge in [-0.15, -0.1) is 10.2 Å². The molecule has 7 heteroatoms. The summed E-state index contributed by atoms with van der Waals surface area (Å²) in [7, 11) is 1.51. The molecule has 25 heavy (non-hydrogen) atoms. The fourth-order valence-electron chi connectivity index (χ4n) is 2.21. The van der Waals surface area contributed by atoms with Gasteiger partial charge in [0, 0.05) is 17.3 Å². The van der Waals surface area contributed by atoms with E-state index in [0.29, 0.717) is 22.8 Å². The van der Waals surface area contributed by atoms with E-state index in [1.807, 2.05) is 0 Å². The lowest BCUT2D eigenvalue weighted by Gasteiger charge is -2.08. The minimum atomic E-state index is -0.433. The Morgan fingerprint density at radius 1 is 1.12 bits per heavy atom. The van der Waals surface area contributed by atoms with Gasteiger partial charge in [0.05, 0.1) is 23.4 Å². The second-order valence-corrected chi connectivity index (χ2v) is 5.53. The van der Waals surface area contributed by atoms with Crippen molar-refractivity contribution in [3.05, 3.63) is 71.0 Å². The normalized spacial score (nSPS) is 10.4. The molecule has 0 aliphatic rings. The van der Waals surface area contributed by atoms with E-state index in [-0.39, 0.29) is 10.6 Å². The van der Waals surface area contributed by atoms with Crippen molar-refractivity contribution < 1.29 is 13.9 Å². The van der Waals surface area contributed by atoms with Gasteiger partial charge in [0.15, 0.2) is 0 Å². The van der Waals surface area contributed by atoms with Crippen molar-refractivity contribution in [1.82, 2.24) is 10.2 Å². The summed E-state index contributed by atoms with van der Waals surface area (Å²) < 4.78 is 18.2. The number of anilines is 1. The first-order chi connectivity index (χ1) is 12.1. The smallest absolute Gasteiger partial charge is 0.257 e. The SMILES string of the molecule is COc1ccc(-c2ccc(C(=O)Nc3cccc(F)c3)c(Cl)c2)nn1. The maximum absolute atomic E-state index is 13.2. The first-order valence-electron chi connectivity index (χ1n) is 7.31. The molecule has 3 rings (SSSR count). The van der Waals surface area contributed by atoms with Crippen molar-refractivity contribution in [3.8, 4) is 17.1 Å². The third-order valence-corrected chi connectivity index (χ3v) is 3.75. The van der Waals surface area contributed by atoms with Crippen LogP contribution in [0.2, 0.25) is 5.02 Å². The maximum Gasteiger partial charge on any atom is 0.257 e. The summed E-state index contributed by atoms with van der Waals surface area (Å²) in [6.07, 6.45) is 0. The molecule has 0 saturated carbocycles. The number of rotatable bonds is 4. The van der Waals surface area contributed by atoms with Crippen LogP contribution in [0.5, 0.6) is 5.88 Å². The molecule has 0 fully saturated rings. The first kappa shape index (κ1) is 16.9. The van der Waals surface area contributed by atoms with Gasteiger partial charge in [-0.25, -0.2) is 4.39 Å². The van der Waals surface area contributed by atoms with E-state index in [9.17, 15) is 9.18 Å². The average Bonchev–Trinajstić information content (AvgIpc) is 2.61. The van der Waals surface area contributed by atoms with Crippen molar-refractivity contribution in [2.75, 3.05) is 12.4 Å². The number of nitrogens with zero attached hydrogens (tertiary/aromatic N) is 2. The minimum Gasteiger partial charge on any atom is -0.480 e. The summed E-state index contributed by atoms with van der Waals surface area (Å²) in [5, 5.41) is 10.8. The van der Waals surface area contributed by atoms with Gasteiger partial charge in [0.25, 0.3) is 5.91 Å². The minimum absolute atomic E-state index is 0.254. The van der Waals surface area contributed by atoms with E-state index in [0.717, 1.165) is 0 Å². The predicted molar refractivity (Wildman–Crippen MR) is 93.4 cm³/mol. The van der Waals surface area contributed by atoms with Gasteiger partial charge < -0.3 is 10.1 Å². The van der Waals surface area contributed by atoms with Crippen molar-refractivity contribution in [3.63, 3.8) is 0 Å². The molecule has 0 aliphatic heterocycles. The van der Waals surface area contributed by atoms with E-state index >= 15 is 0 Å². The molecule has 1 aromatic heterocycles. The van der Waals surface area contributed by atoms with Crippen molar-refractivity contribution in [2.45, 2.75) is 0 Å². The van der Waals surface area contributed by atoms with Crippen LogP contribution in [0.3, 0.4) is 0 Å². The zero-order chi connectivity index (χ0) is 17.8. The monoisotopic (exact) mass is 357 g/mol. The Morgan fingerprint density at radius 3 is 2.60 bits per heavy atom.